The Balaban J connectivity index is 2.86. The number of benzene rings is 1. The molecule has 2 N–H and O–H groups in total. The zero-order chi connectivity index (χ0) is 12.2. The summed E-state index contributed by atoms with van der Waals surface area (Å²) in [7, 11) is 0. The predicted molar refractivity (Wildman–Crippen MR) is 64.3 cm³/mol. The molecular formula is C13H19NO2. The van der Waals surface area contributed by atoms with Crippen LogP contribution in [0.1, 0.15) is 43.1 Å². The van der Waals surface area contributed by atoms with E-state index >= 15 is 0 Å². The summed E-state index contributed by atoms with van der Waals surface area (Å²) < 4.78 is 0. The molecule has 0 aliphatic carbocycles. The minimum absolute atomic E-state index is 0.0899. The van der Waals surface area contributed by atoms with Crippen molar-refractivity contribution in [3.8, 4) is 0 Å². The number of carbonyl (C=O) groups is 1. The molecule has 0 saturated heterocycles. The van der Waals surface area contributed by atoms with Gasteiger partial charge in [-0.05, 0) is 38.0 Å². The highest BCUT2D eigenvalue weighted by Gasteiger charge is 2.17. The third-order valence-corrected chi connectivity index (χ3v) is 2.37. The minimum atomic E-state index is -0.916. The van der Waals surface area contributed by atoms with Gasteiger partial charge in [-0.3, -0.25) is 4.79 Å². The molecule has 0 radical (unpaired) electrons. The monoisotopic (exact) mass is 221 g/mol. The molecule has 1 amide bonds. The number of hydrogen-bond acceptors (Lipinski definition) is 2. The van der Waals surface area contributed by atoms with Gasteiger partial charge in [0.25, 0.3) is 5.91 Å². The highest BCUT2D eigenvalue weighted by molar-refractivity contribution is 5.94. The summed E-state index contributed by atoms with van der Waals surface area (Å²) in [4.78, 5) is 11.7. The zero-order valence-corrected chi connectivity index (χ0v) is 10.1. The van der Waals surface area contributed by atoms with Gasteiger partial charge in [0, 0.05) is 12.1 Å². The first kappa shape index (κ1) is 12.7. The van der Waals surface area contributed by atoms with Gasteiger partial charge in [-0.1, -0.05) is 19.1 Å². The van der Waals surface area contributed by atoms with Crippen molar-refractivity contribution in [3.63, 3.8) is 0 Å². The van der Waals surface area contributed by atoms with Crippen molar-refractivity contribution < 1.29 is 9.90 Å². The van der Waals surface area contributed by atoms with Gasteiger partial charge in [0.2, 0.25) is 0 Å². The highest BCUT2D eigenvalue weighted by atomic mass is 16.3. The van der Waals surface area contributed by atoms with E-state index in [0.29, 0.717) is 12.1 Å². The Kier molecular flexibility index (Phi) is 4.07. The maximum Gasteiger partial charge on any atom is 0.251 e. The Bertz CT molecular complexity index is 366. The molecule has 88 valence electrons. The minimum Gasteiger partial charge on any atom is -0.386 e. The van der Waals surface area contributed by atoms with Gasteiger partial charge in [-0.2, -0.15) is 0 Å². The molecule has 0 aliphatic heterocycles. The SMILES string of the molecule is CCCNC(=O)c1cccc(C(C)(C)O)c1. The molecule has 16 heavy (non-hydrogen) atoms. The summed E-state index contributed by atoms with van der Waals surface area (Å²) in [6.07, 6.45) is 0.914. The Hall–Kier alpha value is -1.35. The maximum atomic E-state index is 11.7. The summed E-state index contributed by atoms with van der Waals surface area (Å²) in [6.45, 7) is 6.09. The van der Waals surface area contributed by atoms with Crippen molar-refractivity contribution in [2.24, 2.45) is 0 Å². The Morgan fingerprint density at radius 3 is 2.69 bits per heavy atom. The van der Waals surface area contributed by atoms with E-state index in [2.05, 4.69) is 5.32 Å². The average Bonchev–Trinajstić information content (AvgIpc) is 2.25. The quantitative estimate of drug-likeness (QED) is 0.817. The molecule has 3 nitrogen and oxygen atoms in total. The van der Waals surface area contributed by atoms with Crippen molar-refractivity contribution in [3.05, 3.63) is 35.4 Å². The molecule has 1 aromatic carbocycles. The van der Waals surface area contributed by atoms with Crippen LogP contribution in [0.5, 0.6) is 0 Å². The largest absolute Gasteiger partial charge is 0.386 e. The first-order valence-corrected chi connectivity index (χ1v) is 5.56. The lowest BCUT2D eigenvalue weighted by atomic mass is 9.96. The molecule has 0 atom stereocenters. The van der Waals surface area contributed by atoms with E-state index in [1.54, 1.807) is 32.0 Å². The van der Waals surface area contributed by atoms with Gasteiger partial charge >= 0.3 is 0 Å². The normalized spacial score (nSPS) is 11.2. The van der Waals surface area contributed by atoms with E-state index in [-0.39, 0.29) is 5.91 Å². The number of nitrogens with one attached hydrogen (secondary N) is 1. The van der Waals surface area contributed by atoms with Crippen LogP contribution < -0.4 is 5.32 Å². The molecule has 0 heterocycles. The molecule has 0 saturated carbocycles. The molecule has 1 rings (SSSR count). The van der Waals surface area contributed by atoms with E-state index in [9.17, 15) is 9.90 Å². The Morgan fingerprint density at radius 2 is 2.12 bits per heavy atom. The fourth-order valence-electron chi connectivity index (χ4n) is 1.38. The third kappa shape index (κ3) is 3.35. The molecule has 1 aromatic rings. The van der Waals surface area contributed by atoms with Crippen LogP contribution in [-0.2, 0) is 5.60 Å². The topological polar surface area (TPSA) is 49.3 Å². The van der Waals surface area contributed by atoms with Crippen LogP contribution in [-0.4, -0.2) is 17.6 Å². The first-order chi connectivity index (χ1) is 7.45. The van der Waals surface area contributed by atoms with Crippen molar-refractivity contribution in [1.82, 2.24) is 5.32 Å². The average molecular weight is 221 g/mol. The van der Waals surface area contributed by atoms with E-state index < -0.39 is 5.60 Å². The van der Waals surface area contributed by atoms with Crippen LogP contribution in [0.3, 0.4) is 0 Å². The summed E-state index contributed by atoms with van der Waals surface area (Å²) in [5, 5.41) is 12.6. The van der Waals surface area contributed by atoms with Crippen LogP contribution in [0.15, 0.2) is 24.3 Å². The first-order valence-electron chi connectivity index (χ1n) is 5.56. The molecule has 0 spiro atoms. The molecule has 3 heteroatoms. The van der Waals surface area contributed by atoms with E-state index in [4.69, 9.17) is 0 Å². The Morgan fingerprint density at radius 1 is 1.44 bits per heavy atom. The molecule has 0 bridgehead atoms. The highest BCUT2D eigenvalue weighted by Crippen LogP contribution is 2.20. The van der Waals surface area contributed by atoms with E-state index in [1.165, 1.54) is 0 Å². The molecular weight excluding hydrogens is 202 g/mol. The van der Waals surface area contributed by atoms with E-state index in [1.807, 2.05) is 13.0 Å². The van der Waals surface area contributed by atoms with Crippen LogP contribution >= 0.6 is 0 Å². The van der Waals surface area contributed by atoms with Gasteiger partial charge in [-0.25, -0.2) is 0 Å². The number of aliphatic hydroxyl groups is 1. The van der Waals surface area contributed by atoms with Crippen molar-refractivity contribution >= 4 is 5.91 Å². The standard InChI is InChI=1S/C13H19NO2/c1-4-8-14-12(15)10-6-5-7-11(9-10)13(2,3)16/h5-7,9,16H,4,8H2,1-3H3,(H,14,15). The van der Waals surface area contributed by atoms with Gasteiger partial charge in [-0.15, -0.1) is 0 Å². The lowest BCUT2D eigenvalue weighted by molar-refractivity contribution is 0.0784. The number of carbonyl (C=O) groups excluding carboxylic acids is 1. The zero-order valence-electron chi connectivity index (χ0n) is 10.1. The van der Waals surface area contributed by atoms with Crippen molar-refractivity contribution in [2.75, 3.05) is 6.54 Å². The molecule has 0 fully saturated rings. The van der Waals surface area contributed by atoms with Crippen LogP contribution in [0.4, 0.5) is 0 Å². The summed E-state index contributed by atoms with van der Waals surface area (Å²) in [6, 6.07) is 7.08. The summed E-state index contributed by atoms with van der Waals surface area (Å²) >= 11 is 0. The second-order valence-electron chi connectivity index (χ2n) is 4.40. The maximum absolute atomic E-state index is 11.7. The van der Waals surface area contributed by atoms with E-state index in [0.717, 1.165) is 12.0 Å². The predicted octanol–water partition coefficient (Wildman–Crippen LogP) is 2.05. The lowest BCUT2D eigenvalue weighted by Crippen LogP contribution is -2.24. The Labute approximate surface area is 96.5 Å². The van der Waals surface area contributed by atoms with Gasteiger partial charge < -0.3 is 10.4 Å². The molecule has 0 aliphatic rings. The molecule has 0 unspecified atom stereocenters. The second kappa shape index (κ2) is 5.12. The van der Waals surface area contributed by atoms with Gasteiger partial charge in [0.15, 0.2) is 0 Å². The van der Waals surface area contributed by atoms with Gasteiger partial charge in [0.1, 0.15) is 0 Å². The van der Waals surface area contributed by atoms with Crippen LogP contribution in [0.25, 0.3) is 0 Å². The smallest absolute Gasteiger partial charge is 0.251 e. The number of hydrogen-bond donors (Lipinski definition) is 2. The number of rotatable bonds is 4. The second-order valence-corrected chi connectivity index (χ2v) is 4.40. The van der Waals surface area contributed by atoms with Crippen LogP contribution in [0.2, 0.25) is 0 Å². The summed E-state index contributed by atoms with van der Waals surface area (Å²) in [5.41, 5.74) is 0.422. The summed E-state index contributed by atoms with van der Waals surface area (Å²) in [5.74, 6) is -0.0899. The third-order valence-electron chi connectivity index (χ3n) is 2.37. The van der Waals surface area contributed by atoms with Crippen LogP contribution in [0, 0.1) is 0 Å². The molecule has 0 aromatic heterocycles. The lowest BCUT2D eigenvalue weighted by Gasteiger charge is -2.18. The fourth-order valence-corrected chi connectivity index (χ4v) is 1.38. The van der Waals surface area contributed by atoms with Gasteiger partial charge in [0.05, 0.1) is 5.60 Å². The van der Waals surface area contributed by atoms with Crippen molar-refractivity contribution in [2.45, 2.75) is 32.8 Å². The number of amides is 1. The fraction of sp³-hybridized carbons (Fsp3) is 0.462. The van der Waals surface area contributed by atoms with Crippen molar-refractivity contribution in [1.29, 1.82) is 0 Å².